The fraction of sp³-hybridized carbons (Fsp3) is 0.900. The first-order chi connectivity index (χ1) is 5.86. The Morgan fingerprint density at radius 3 is 1.86 bits per heavy atom. The van der Waals surface area contributed by atoms with Crippen molar-refractivity contribution in [2.75, 3.05) is 11.5 Å². The first kappa shape index (κ1) is 15.5. The molecule has 1 aliphatic heterocycles. The van der Waals surface area contributed by atoms with Crippen molar-refractivity contribution in [3.8, 4) is 0 Å². The van der Waals surface area contributed by atoms with Crippen LogP contribution in [0.4, 0.5) is 0 Å². The third kappa shape index (κ3) is 3.52. The summed E-state index contributed by atoms with van der Waals surface area (Å²) < 4.78 is 1.78. The van der Waals surface area contributed by atoms with Crippen LogP contribution < -0.4 is 18.9 Å². The maximum atomic E-state index is 2.52. The number of hydrogen-bond donors (Lipinski definition) is 0. The maximum absolute atomic E-state index is 2.52. The van der Waals surface area contributed by atoms with E-state index >= 15 is 0 Å². The molecule has 78 valence electrons. The van der Waals surface area contributed by atoms with Gasteiger partial charge < -0.3 is 23.5 Å². The SMILES string of the molecule is CC(C)(C)[Si](C)(C)[C-]1SCCCS1.[Li+]. The van der Waals surface area contributed by atoms with E-state index in [-0.39, 0.29) is 18.9 Å². The normalized spacial score (nSPS) is 20.4. The first-order valence-corrected chi connectivity index (χ1v) is 9.96. The largest absolute Gasteiger partial charge is 1.00 e. The van der Waals surface area contributed by atoms with Crippen molar-refractivity contribution in [3.05, 3.63) is 4.21 Å². The van der Waals surface area contributed by atoms with Crippen molar-refractivity contribution >= 4 is 31.6 Å². The molecule has 0 aromatic heterocycles. The third-order valence-corrected chi connectivity index (χ3v) is 14.1. The maximum Gasteiger partial charge on any atom is 1.00 e. The predicted octanol–water partition coefficient (Wildman–Crippen LogP) is 1.40. The van der Waals surface area contributed by atoms with E-state index in [0.29, 0.717) is 5.04 Å². The minimum Gasteiger partial charge on any atom is -0.339 e. The Morgan fingerprint density at radius 1 is 1.07 bits per heavy atom. The van der Waals surface area contributed by atoms with Gasteiger partial charge in [0, 0.05) is 0 Å². The molecule has 0 bridgehead atoms. The van der Waals surface area contributed by atoms with Gasteiger partial charge in [-0.1, -0.05) is 47.0 Å². The van der Waals surface area contributed by atoms with Crippen LogP contribution in [-0.2, 0) is 0 Å². The summed E-state index contributed by atoms with van der Waals surface area (Å²) in [7, 11) is -1.16. The molecule has 0 atom stereocenters. The molecule has 0 unspecified atom stereocenters. The fourth-order valence-corrected chi connectivity index (χ4v) is 9.01. The molecule has 0 spiro atoms. The van der Waals surface area contributed by atoms with Gasteiger partial charge in [0.15, 0.2) is 0 Å². The van der Waals surface area contributed by atoms with E-state index < -0.39 is 8.07 Å². The fourth-order valence-electron chi connectivity index (χ4n) is 1.10. The van der Waals surface area contributed by atoms with Crippen LogP contribution in [-0.4, -0.2) is 19.6 Å². The van der Waals surface area contributed by atoms with Crippen molar-refractivity contribution in [2.24, 2.45) is 0 Å². The molecule has 1 heterocycles. The Morgan fingerprint density at radius 2 is 1.50 bits per heavy atom. The van der Waals surface area contributed by atoms with Crippen LogP contribution in [0.15, 0.2) is 0 Å². The molecular weight excluding hydrogens is 219 g/mol. The van der Waals surface area contributed by atoms with E-state index in [1.54, 1.807) is 4.21 Å². The Kier molecular flexibility index (Phi) is 6.35. The number of thioether (sulfide) groups is 2. The Labute approximate surface area is 111 Å². The minimum absolute atomic E-state index is 0. The van der Waals surface area contributed by atoms with Crippen LogP contribution in [0.5, 0.6) is 0 Å². The van der Waals surface area contributed by atoms with Crippen LogP contribution in [0.2, 0.25) is 18.1 Å². The van der Waals surface area contributed by atoms with Crippen molar-refractivity contribution in [2.45, 2.75) is 45.3 Å². The summed E-state index contributed by atoms with van der Waals surface area (Å²) in [4.78, 5) is 0. The van der Waals surface area contributed by atoms with Gasteiger partial charge in [-0.15, -0.1) is 0 Å². The molecule has 1 saturated heterocycles. The van der Waals surface area contributed by atoms with E-state index in [4.69, 9.17) is 0 Å². The quantitative estimate of drug-likeness (QED) is 0.502. The molecular formula is C10H21LiS2Si. The van der Waals surface area contributed by atoms with Crippen LogP contribution in [0, 0.1) is 4.21 Å². The first-order valence-electron chi connectivity index (χ1n) is 4.99. The Balaban J connectivity index is 0.00000169. The molecule has 1 fully saturated rings. The smallest absolute Gasteiger partial charge is 0.339 e. The monoisotopic (exact) mass is 240 g/mol. The van der Waals surface area contributed by atoms with Gasteiger partial charge in [-0.25, -0.2) is 4.21 Å². The molecule has 0 amide bonds. The molecule has 14 heavy (non-hydrogen) atoms. The zero-order chi connectivity index (χ0) is 10.1. The average molecular weight is 240 g/mol. The standard InChI is InChI=1S/C10H21S2Si.Li/c1-10(2,3)13(4,5)9-11-7-6-8-12-9;/h6-8H2,1-5H3;/q-1;+1. The van der Waals surface area contributed by atoms with Crippen molar-refractivity contribution in [1.29, 1.82) is 0 Å². The second-order valence-electron chi connectivity index (χ2n) is 5.21. The third-order valence-electron chi connectivity index (χ3n) is 3.14. The molecule has 0 nitrogen and oxygen atoms in total. The van der Waals surface area contributed by atoms with Crippen molar-refractivity contribution in [3.63, 3.8) is 0 Å². The molecule has 0 radical (unpaired) electrons. The number of rotatable bonds is 1. The topological polar surface area (TPSA) is 0 Å². The van der Waals surface area contributed by atoms with Gasteiger partial charge in [-0.05, 0) is 17.9 Å². The minimum atomic E-state index is -1.16. The second kappa shape index (κ2) is 5.73. The zero-order valence-corrected chi connectivity index (χ0v) is 13.1. The van der Waals surface area contributed by atoms with Crippen LogP contribution in [0.1, 0.15) is 27.2 Å². The summed E-state index contributed by atoms with van der Waals surface area (Å²) in [6, 6.07) is 0. The van der Waals surface area contributed by atoms with E-state index in [1.165, 1.54) is 17.9 Å². The molecule has 0 aromatic rings. The van der Waals surface area contributed by atoms with Gasteiger partial charge in [0.25, 0.3) is 0 Å². The summed E-state index contributed by atoms with van der Waals surface area (Å²) in [5.41, 5.74) is 0. The molecule has 1 aliphatic rings. The van der Waals surface area contributed by atoms with Crippen LogP contribution >= 0.6 is 23.5 Å². The van der Waals surface area contributed by atoms with E-state index in [9.17, 15) is 0 Å². The summed E-state index contributed by atoms with van der Waals surface area (Å²) in [6.07, 6.45) is 1.40. The van der Waals surface area contributed by atoms with Crippen LogP contribution in [0.25, 0.3) is 0 Å². The van der Waals surface area contributed by atoms with Crippen molar-refractivity contribution < 1.29 is 18.9 Å². The molecule has 0 N–H and O–H groups in total. The average Bonchev–Trinajstić information content (AvgIpc) is 2.04. The number of hydrogen-bond acceptors (Lipinski definition) is 2. The molecule has 1 rings (SSSR count). The van der Waals surface area contributed by atoms with Crippen LogP contribution in [0.3, 0.4) is 0 Å². The van der Waals surface area contributed by atoms with Gasteiger partial charge in [0.2, 0.25) is 0 Å². The summed E-state index contributed by atoms with van der Waals surface area (Å²) in [5, 5.41) is 0.514. The van der Waals surface area contributed by atoms with E-state index in [0.717, 1.165) is 0 Å². The summed E-state index contributed by atoms with van der Waals surface area (Å²) in [5.74, 6) is 2.71. The van der Waals surface area contributed by atoms with E-state index in [2.05, 4.69) is 57.4 Å². The molecule has 4 heteroatoms. The molecule has 0 aliphatic carbocycles. The second-order valence-corrected chi connectivity index (χ2v) is 13.7. The molecule has 0 aromatic carbocycles. The summed E-state index contributed by atoms with van der Waals surface area (Å²) >= 11 is 4.28. The van der Waals surface area contributed by atoms with Gasteiger partial charge in [-0.3, -0.25) is 0 Å². The predicted molar refractivity (Wildman–Crippen MR) is 70.0 cm³/mol. The van der Waals surface area contributed by atoms with Crippen molar-refractivity contribution in [1.82, 2.24) is 0 Å². The van der Waals surface area contributed by atoms with E-state index in [1.807, 2.05) is 0 Å². The van der Waals surface area contributed by atoms with Gasteiger partial charge in [0.1, 0.15) is 0 Å². The van der Waals surface area contributed by atoms with Gasteiger partial charge in [-0.2, -0.15) is 0 Å². The van der Waals surface area contributed by atoms with Gasteiger partial charge >= 0.3 is 18.9 Å². The van der Waals surface area contributed by atoms with Gasteiger partial charge in [0.05, 0.1) is 0 Å². The summed E-state index contributed by atoms with van der Waals surface area (Å²) in [6.45, 7) is 12.3. The Hall–Kier alpha value is 1.51. The Bertz CT molecular complexity index is 171. The zero-order valence-electron chi connectivity index (χ0n) is 10.4. The molecule has 0 saturated carbocycles.